The summed E-state index contributed by atoms with van der Waals surface area (Å²) in [6.07, 6.45) is 4.06. The SMILES string of the molecule is CS(=O)(=O)N(CC(=O)Nc1cccnc1)c1ccc(C(=O)N2CCOCC2)cc1. The standard InChI is InChI=1S/C19H22N4O5S/c1-29(26,27)23(14-18(24)21-16-3-2-8-20-13-16)17-6-4-15(5-7-17)19(25)22-9-11-28-12-10-22/h2-8,13H,9-12,14H2,1H3,(H,21,24). The molecule has 0 bridgehead atoms. The summed E-state index contributed by atoms with van der Waals surface area (Å²) in [5.74, 6) is -0.642. The van der Waals surface area contributed by atoms with Crippen molar-refractivity contribution in [2.75, 3.05) is 48.7 Å². The molecular formula is C19H22N4O5S. The van der Waals surface area contributed by atoms with Gasteiger partial charge in [-0.3, -0.25) is 18.9 Å². The van der Waals surface area contributed by atoms with Gasteiger partial charge in [0.15, 0.2) is 0 Å². The lowest BCUT2D eigenvalue weighted by Crippen LogP contribution is -2.40. The highest BCUT2D eigenvalue weighted by Crippen LogP contribution is 2.19. The predicted molar refractivity (Wildman–Crippen MR) is 108 cm³/mol. The zero-order valence-electron chi connectivity index (χ0n) is 15.9. The lowest BCUT2D eigenvalue weighted by molar-refractivity contribution is -0.114. The van der Waals surface area contributed by atoms with Crippen LogP contribution in [0.1, 0.15) is 10.4 Å². The number of sulfonamides is 1. The topological polar surface area (TPSA) is 109 Å². The second kappa shape index (κ2) is 9.01. The summed E-state index contributed by atoms with van der Waals surface area (Å²) in [4.78, 5) is 30.4. The summed E-state index contributed by atoms with van der Waals surface area (Å²) in [6.45, 7) is 1.63. The number of aromatic nitrogens is 1. The van der Waals surface area contributed by atoms with Crippen molar-refractivity contribution < 1.29 is 22.7 Å². The fourth-order valence-electron chi connectivity index (χ4n) is 2.89. The van der Waals surface area contributed by atoms with Crippen LogP contribution in [0.3, 0.4) is 0 Å². The number of benzene rings is 1. The van der Waals surface area contributed by atoms with E-state index in [0.29, 0.717) is 43.2 Å². The largest absolute Gasteiger partial charge is 0.378 e. The van der Waals surface area contributed by atoms with Crippen LogP contribution in [-0.2, 0) is 19.6 Å². The Bertz CT molecular complexity index is 958. The first kappa shape index (κ1) is 20.7. The first-order valence-corrected chi connectivity index (χ1v) is 10.8. The molecule has 154 valence electrons. The van der Waals surface area contributed by atoms with Gasteiger partial charge in [-0.05, 0) is 36.4 Å². The van der Waals surface area contributed by atoms with Gasteiger partial charge >= 0.3 is 0 Å². The number of carbonyl (C=O) groups excluding carboxylic acids is 2. The third kappa shape index (κ3) is 5.52. The number of amides is 2. The minimum absolute atomic E-state index is 0.139. The number of ether oxygens (including phenoxy) is 1. The van der Waals surface area contributed by atoms with Crippen LogP contribution in [0.2, 0.25) is 0 Å². The number of anilines is 2. The van der Waals surface area contributed by atoms with Gasteiger partial charge in [-0.25, -0.2) is 8.42 Å². The molecule has 1 N–H and O–H groups in total. The van der Waals surface area contributed by atoms with Crippen LogP contribution in [0.25, 0.3) is 0 Å². The Morgan fingerprint density at radius 1 is 1.17 bits per heavy atom. The van der Waals surface area contributed by atoms with Crippen LogP contribution in [0.5, 0.6) is 0 Å². The molecule has 1 saturated heterocycles. The lowest BCUT2D eigenvalue weighted by Gasteiger charge is -2.27. The zero-order chi connectivity index (χ0) is 20.9. The van der Waals surface area contributed by atoms with Crippen LogP contribution in [0.4, 0.5) is 11.4 Å². The van der Waals surface area contributed by atoms with Gasteiger partial charge in [0.25, 0.3) is 5.91 Å². The monoisotopic (exact) mass is 418 g/mol. The number of nitrogens with zero attached hydrogens (tertiary/aromatic N) is 3. The Hall–Kier alpha value is -2.98. The number of morpholine rings is 1. The average Bonchev–Trinajstić information content (AvgIpc) is 2.72. The van der Waals surface area contributed by atoms with Crippen molar-refractivity contribution in [3.05, 3.63) is 54.4 Å². The Kier molecular flexibility index (Phi) is 6.45. The van der Waals surface area contributed by atoms with Gasteiger partial charge in [0, 0.05) is 24.8 Å². The molecule has 3 rings (SSSR count). The molecule has 10 heteroatoms. The molecule has 0 unspecified atom stereocenters. The Morgan fingerprint density at radius 3 is 2.45 bits per heavy atom. The van der Waals surface area contributed by atoms with Crippen LogP contribution < -0.4 is 9.62 Å². The molecule has 1 aliphatic rings. The smallest absolute Gasteiger partial charge is 0.254 e. The molecule has 9 nitrogen and oxygen atoms in total. The minimum Gasteiger partial charge on any atom is -0.378 e. The molecule has 2 aromatic rings. The van der Waals surface area contributed by atoms with Gasteiger partial charge in [0.2, 0.25) is 15.9 Å². The van der Waals surface area contributed by atoms with E-state index in [-0.39, 0.29) is 5.91 Å². The van der Waals surface area contributed by atoms with E-state index >= 15 is 0 Å². The summed E-state index contributed by atoms with van der Waals surface area (Å²) >= 11 is 0. The molecular weight excluding hydrogens is 396 g/mol. The second-order valence-corrected chi connectivity index (χ2v) is 8.42. The highest BCUT2D eigenvalue weighted by atomic mass is 32.2. The molecule has 0 aliphatic carbocycles. The molecule has 1 aromatic heterocycles. The van der Waals surface area contributed by atoms with E-state index in [9.17, 15) is 18.0 Å². The van der Waals surface area contributed by atoms with E-state index in [2.05, 4.69) is 10.3 Å². The van der Waals surface area contributed by atoms with Crippen molar-refractivity contribution >= 4 is 33.2 Å². The summed E-state index contributed by atoms with van der Waals surface area (Å²) in [6, 6.07) is 9.47. The fourth-order valence-corrected chi connectivity index (χ4v) is 3.74. The van der Waals surface area contributed by atoms with Crippen LogP contribution in [-0.4, -0.2) is 69.2 Å². The van der Waals surface area contributed by atoms with Crippen LogP contribution in [0.15, 0.2) is 48.8 Å². The minimum atomic E-state index is -3.71. The van der Waals surface area contributed by atoms with E-state index in [4.69, 9.17) is 4.74 Å². The number of hydrogen-bond acceptors (Lipinski definition) is 6. The van der Waals surface area contributed by atoms with Crippen molar-refractivity contribution in [1.82, 2.24) is 9.88 Å². The normalized spacial score (nSPS) is 14.3. The number of hydrogen-bond donors (Lipinski definition) is 1. The Labute approximate surface area is 169 Å². The van der Waals surface area contributed by atoms with E-state index in [1.54, 1.807) is 35.4 Å². The van der Waals surface area contributed by atoms with Gasteiger partial charge in [-0.15, -0.1) is 0 Å². The van der Waals surface area contributed by atoms with Crippen LogP contribution >= 0.6 is 0 Å². The van der Waals surface area contributed by atoms with Crippen LogP contribution in [0, 0.1) is 0 Å². The maximum absolute atomic E-state index is 12.5. The number of nitrogens with one attached hydrogen (secondary N) is 1. The highest BCUT2D eigenvalue weighted by molar-refractivity contribution is 7.92. The fraction of sp³-hybridized carbons (Fsp3) is 0.316. The van der Waals surface area contributed by atoms with Crippen molar-refractivity contribution in [2.24, 2.45) is 0 Å². The van der Waals surface area contributed by atoms with Gasteiger partial charge < -0.3 is 15.0 Å². The maximum atomic E-state index is 12.5. The molecule has 1 aliphatic heterocycles. The quantitative estimate of drug-likeness (QED) is 0.748. The zero-order valence-corrected chi connectivity index (χ0v) is 16.8. The van der Waals surface area contributed by atoms with Gasteiger partial charge in [0.1, 0.15) is 6.54 Å². The Balaban J connectivity index is 1.73. The van der Waals surface area contributed by atoms with Crippen molar-refractivity contribution in [1.29, 1.82) is 0 Å². The molecule has 2 heterocycles. The lowest BCUT2D eigenvalue weighted by atomic mass is 10.1. The summed E-state index contributed by atoms with van der Waals surface area (Å²) in [5, 5.41) is 2.61. The van der Waals surface area contributed by atoms with E-state index < -0.39 is 22.5 Å². The molecule has 0 saturated carbocycles. The van der Waals surface area contributed by atoms with Crippen molar-refractivity contribution in [3.8, 4) is 0 Å². The number of pyridine rings is 1. The molecule has 1 aromatic carbocycles. The van der Waals surface area contributed by atoms with Gasteiger partial charge in [-0.2, -0.15) is 0 Å². The van der Waals surface area contributed by atoms with E-state index in [1.807, 2.05) is 0 Å². The first-order valence-electron chi connectivity index (χ1n) is 8.99. The predicted octanol–water partition coefficient (Wildman–Crippen LogP) is 0.959. The molecule has 29 heavy (non-hydrogen) atoms. The maximum Gasteiger partial charge on any atom is 0.254 e. The Morgan fingerprint density at radius 2 is 1.86 bits per heavy atom. The molecule has 0 spiro atoms. The highest BCUT2D eigenvalue weighted by Gasteiger charge is 2.23. The number of carbonyl (C=O) groups is 2. The third-order valence-corrected chi connectivity index (χ3v) is 5.47. The van der Waals surface area contributed by atoms with Gasteiger partial charge in [0.05, 0.1) is 37.0 Å². The average molecular weight is 418 g/mol. The van der Waals surface area contributed by atoms with E-state index in [1.165, 1.54) is 18.3 Å². The van der Waals surface area contributed by atoms with E-state index in [0.717, 1.165) is 10.6 Å². The summed E-state index contributed by atoms with van der Waals surface area (Å²) in [5.41, 5.74) is 1.22. The van der Waals surface area contributed by atoms with Gasteiger partial charge in [-0.1, -0.05) is 0 Å². The summed E-state index contributed by atoms with van der Waals surface area (Å²) in [7, 11) is -3.71. The van der Waals surface area contributed by atoms with Crippen molar-refractivity contribution in [3.63, 3.8) is 0 Å². The summed E-state index contributed by atoms with van der Waals surface area (Å²) < 4.78 is 30.7. The molecule has 0 radical (unpaired) electrons. The first-order chi connectivity index (χ1) is 13.8. The third-order valence-electron chi connectivity index (χ3n) is 4.33. The van der Waals surface area contributed by atoms with Crippen molar-refractivity contribution in [2.45, 2.75) is 0 Å². The molecule has 1 fully saturated rings. The molecule has 2 amide bonds. The molecule has 0 atom stereocenters. The second-order valence-electron chi connectivity index (χ2n) is 6.51. The number of rotatable bonds is 6.